The summed E-state index contributed by atoms with van der Waals surface area (Å²) in [6, 6.07) is 19.3. The van der Waals surface area contributed by atoms with Crippen molar-refractivity contribution in [1.29, 1.82) is 0 Å². The number of rotatable bonds is 23. The van der Waals surface area contributed by atoms with Gasteiger partial charge in [-0.15, -0.1) is 0 Å². The van der Waals surface area contributed by atoms with Crippen molar-refractivity contribution in [1.82, 2.24) is 0 Å². The normalized spacial score (nSPS) is 12.8. The maximum absolute atomic E-state index is 12.2. The van der Waals surface area contributed by atoms with Gasteiger partial charge in [0.2, 0.25) is 0 Å². The van der Waals surface area contributed by atoms with E-state index in [0.29, 0.717) is 25.7 Å². The molecule has 0 saturated heterocycles. The first-order chi connectivity index (χ1) is 18.6. The third-order valence-corrected chi connectivity index (χ3v) is 8.88. The Morgan fingerprint density at radius 1 is 0.526 bits per heavy atom. The Morgan fingerprint density at radius 2 is 0.868 bits per heavy atom. The van der Waals surface area contributed by atoms with Gasteiger partial charge in [0.15, 0.2) is 11.6 Å². The summed E-state index contributed by atoms with van der Waals surface area (Å²) < 4.78 is 0. The number of unbranched alkanes of at least 4 members (excludes halogenated alkanes) is 7. The van der Waals surface area contributed by atoms with Crippen molar-refractivity contribution in [3.63, 3.8) is 0 Å². The third-order valence-electron chi connectivity index (χ3n) is 6.74. The van der Waals surface area contributed by atoms with E-state index in [1.165, 1.54) is 51.4 Å². The number of hydrogen-bond donors (Lipinski definition) is 2. The first-order valence-corrected chi connectivity index (χ1v) is 16.7. The number of benzene rings is 2. The quantitative estimate of drug-likeness (QED) is 0.149. The molecule has 0 aliphatic heterocycles. The lowest BCUT2D eigenvalue weighted by Crippen LogP contribution is -2.32. The van der Waals surface area contributed by atoms with Crippen molar-refractivity contribution in [2.75, 3.05) is 23.0 Å². The van der Waals surface area contributed by atoms with Crippen molar-refractivity contribution in [3.8, 4) is 0 Å². The molecule has 0 saturated carbocycles. The second kappa shape index (κ2) is 21.2. The average molecular weight is 557 g/mol. The number of carbonyl (C=O) groups excluding carboxylic acids is 2. The van der Waals surface area contributed by atoms with Crippen LogP contribution < -0.4 is 11.5 Å². The standard InChI is InChI=1S/C32H48N2O2S2/c33-29(25-27-15-9-7-10-16-27)31(35)19-23-37-21-13-5-3-1-2-4-6-14-22-38-24-20-32(36)30(34)26-28-17-11-8-12-18-28/h7-12,15-18,29-30H,1-6,13-14,19-26,33-34H2. The van der Waals surface area contributed by atoms with Gasteiger partial charge < -0.3 is 11.5 Å². The van der Waals surface area contributed by atoms with Gasteiger partial charge in [-0.25, -0.2) is 0 Å². The van der Waals surface area contributed by atoms with Crippen LogP contribution in [0.25, 0.3) is 0 Å². The van der Waals surface area contributed by atoms with Gasteiger partial charge in [0, 0.05) is 24.3 Å². The highest BCUT2D eigenvalue weighted by atomic mass is 32.2. The van der Waals surface area contributed by atoms with Gasteiger partial charge in [0.05, 0.1) is 12.1 Å². The maximum Gasteiger partial charge on any atom is 0.150 e. The van der Waals surface area contributed by atoms with Gasteiger partial charge in [0.1, 0.15) is 0 Å². The number of thioether (sulfide) groups is 2. The zero-order valence-electron chi connectivity index (χ0n) is 23.0. The molecule has 0 spiro atoms. The summed E-state index contributed by atoms with van der Waals surface area (Å²) in [7, 11) is 0. The summed E-state index contributed by atoms with van der Waals surface area (Å²) in [5, 5.41) is 0. The van der Waals surface area contributed by atoms with Crippen molar-refractivity contribution < 1.29 is 9.59 Å². The molecule has 6 heteroatoms. The molecule has 210 valence electrons. The molecule has 0 amide bonds. The van der Waals surface area contributed by atoms with Crippen molar-refractivity contribution in [2.24, 2.45) is 11.5 Å². The zero-order chi connectivity index (χ0) is 27.3. The Balaban J connectivity index is 1.30. The van der Waals surface area contributed by atoms with Gasteiger partial charge in [0.25, 0.3) is 0 Å². The van der Waals surface area contributed by atoms with E-state index < -0.39 is 0 Å². The summed E-state index contributed by atoms with van der Waals surface area (Å²) in [4.78, 5) is 24.5. The summed E-state index contributed by atoms with van der Waals surface area (Å²) in [5.74, 6) is 4.39. The van der Waals surface area contributed by atoms with Crippen molar-refractivity contribution >= 4 is 35.1 Å². The molecule has 0 radical (unpaired) electrons. The summed E-state index contributed by atoms with van der Waals surface area (Å²) >= 11 is 3.77. The molecule has 2 rings (SSSR count). The monoisotopic (exact) mass is 556 g/mol. The second-order valence-corrected chi connectivity index (χ2v) is 12.5. The highest BCUT2D eigenvalue weighted by molar-refractivity contribution is 7.99. The van der Waals surface area contributed by atoms with Gasteiger partial charge in [-0.1, -0.05) is 99.2 Å². The Bertz CT molecular complexity index is 806. The fourth-order valence-corrected chi connectivity index (χ4v) is 6.27. The van der Waals surface area contributed by atoms with Crippen LogP contribution in [0.2, 0.25) is 0 Å². The van der Waals surface area contributed by atoms with Crippen molar-refractivity contribution in [2.45, 2.75) is 89.1 Å². The molecule has 2 unspecified atom stereocenters. The van der Waals surface area contributed by atoms with E-state index in [0.717, 1.165) is 34.1 Å². The van der Waals surface area contributed by atoms with E-state index >= 15 is 0 Å². The van der Waals surface area contributed by atoms with E-state index in [1.807, 2.05) is 84.2 Å². The predicted octanol–water partition coefficient (Wildman–Crippen LogP) is 6.63. The third kappa shape index (κ3) is 15.7. The average Bonchev–Trinajstić information content (AvgIpc) is 2.93. The van der Waals surface area contributed by atoms with Crippen LogP contribution in [0.15, 0.2) is 60.7 Å². The largest absolute Gasteiger partial charge is 0.321 e. The maximum atomic E-state index is 12.2. The molecule has 2 aromatic rings. The molecule has 0 fully saturated rings. The molecule has 2 aromatic carbocycles. The summed E-state index contributed by atoms with van der Waals surface area (Å²) in [6.45, 7) is 0. The van der Waals surface area contributed by atoms with Crippen LogP contribution in [-0.2, 0) is 22.4 Å². The molecular weight excluding hydrogens is 508 g/mol. The fourth-order valence-electron chi connectivity index (χ4n) is 4.35. The van der Waals surface area contributed by atoms with Crippen molar-refractivity contribution in [3.05, 3.63) is 71.8 Å². The molecule has 0 aliphatic carbocycles. The van der Waals surface area contributed by atoms with Crippen LogP contribution >= 0.6 is 23.5 Å². The highest BCUT2D eigenvalue weighted by Crippen LogP contribution is 2.15. The summed E-state index contributed by atoms with van der Waals surface area (Å²) in [5.41, 5.74) is 14.4. The lowest BCUT2D eigenvalue weighted by Gasteiger charge is -2.10. The lowest BCUT2D eigenvalue weighted by atomic mass is 10.0. The topological polar surface area (TPSA) is 86.2 Å². The van der Waals surface area contributed by atoms with Crippen LogP contribution in [0, 0.1) is 0 Å². The number of nitrogens with two attached hydrogens (primary N) is 2. The smallest absolute Gasteiger partial charge is 0.150 e. The number of carbonyl (C=O) groups is 2. The predicted molar refractivity (Wildman–Crippen MR) is 167 cm³/mol. The van der Waals surface area contributed by atoms with Gasteiger partial charge in [-0.05, 0) is 48.3 Å². The molecule has 0 aliphatic rings. The molecule has 0 bridgehead atoms. The van der Waals surface area contributed by atoms with Crippen LogP contribution in [0.5, 0.6) is 0 Å². The Kier molecular flexibility index (Phi) is 18.2. The SMILES string of the molecule is NC(Cc1ccccc1)C(=O)CCSCCCCCCCCCCSCCC(=O)C(N)Cc1ccccc1. The summed E-state index contributed by atoms with van der Waals surface area (Å²) in [6.07, 6.45) is 12.7. The Labute approximate surface area is 239 Å². The number of ketones is 2. The molecule has 0 heterocycles. The molecule has 0 aromatic heterocycles. The molecule has 2 atom stereocenters. The number of Topliss-reactive ketones (excluding diaryl/α,β-unsaturated/α-hetero) is 2. The highest BCUT2D eigenvalue weighted by Gasteiger charge is 2.14. The minimum atomic E-state index is -0.380. The minimum Gasteiger partial charge on any atom is -0.321 e. The van der Waals surface area contributed by atoms with Crippen LogP contribution in [0.3, 0.4) is 0 Å². The minimum absolute atomic E-state index is 0.177. The van der Waals surface area contributed by atoms with E-state index in [4.69, 9.17) is 11.5 Å². The van der Waals surface area contributed by atoms with E-state index in [2.05, 4.69) is 0 Å². The lowest BCUT2D eigenvalue weighted by molar-refractivity contribution is -0.120. The van der Waals surface area contributed by atoms with Gasteiger partial charge in [-0.3, -0.25) is 9.59 Å². The van der Waals surface area contributed by atoms with Crippen LogP contribution in [-0.4, -0.2) is 46.7 Å². The number of hydrogen-bond acceptors (Lipinski definition) is 6. The molecule has 4 N–H and O–H groups in total. The second-order valence-electron chi connectivity index (χ2n) is 10.1. The first kappa shape index (κ1) is 32.6. The Morgan fingerprint density at radius 3 is 1.24 bits per heavy atom. The molecular formula is C32H48N2O2S2. The van der Waals surface area contributed by atoms with E-state index in [1.54, 1.807) is 0 Å². The van der Waals surface area contributed by atoms with Crippen LogP contribution in [0.4, 0.5) is 0 Å². The molecule has 38 heavy (non-hydrogen) atoms. The van der Waals surface area contributed by atoms with Crippen LogP contribution in [0.1, 0.15) is 75.3 Å². The molecule has 4 nitrogen and oxygen atoms in total. The first-order valence-electron chi connectivity index (χ1n) is 14.4. The van der Waals surface area contributed by atoms with E-state index in [9.17, 15) is 9.59 Å². The van der Waals surface area contributed by atoms with Gasteiger partial charge in [-0.2, -0.15) is 23.5 Å². The van der Waals surface area contributed by atoms with E-state index in [-0.39, 0.29) is 23.7 Å². The fraction of sp³-hybridized carbons (Fsp3) is 0.562. The van der Waals surface area contributed by atoms with Gasteiger partial charge >= 0.3 is 0 Å². The zero-order valence-corrected chi connectivity index (χ0v) is 24.7. The Hall–Kier alpha value is -1.60.